The second-order valence-electron chi connectivity index (χ2n) is 7.69. The number of carbonyl (C=O) groups excluding carboxylic acids is 1. The third-order valence-electron chi connectivity index (χ3n) is 5.30. The number of aliphatic imine (C=N–C) groups is 1. The largest absolute Gasteiger partial charge is 0.439 e. The zero-order valence-electron chi connectivity index (χ0n) is 18.7. The van der Waals surface area contributed by atoms with Crippen LogP contribution < -0.4 is 10.6 Å². The van der Waals surface area contributed by atoms with Gasteiger partial charge in [-0.1, -0.05) is 30.3 Å². The number of hydrogen-bond donors (Lipinski definition) is 1. The van der Waals surface area contributed by atoms with E-state index in [4.69, 9.17) is 22.1 Å². The van der Waals surface area contributed by atoms with Crippen LogP contribution >= 0.6 is 23.4 Å². The van der Waals surface area contributed by atoms with Crippen molar-refractivity contribution in [3.8, 4) is 0 Å². The van der Waals surface area contributed by atoms with Gasteiger partial charge < -0.3 is 15.4 Å². The maximum absolute atomic E-state index is 15.2. The summed E-state index contributed by atoms with van der Waals surface area (Å²) in [6.07, 6.45) is 1.25. The SMILES string of the molecule is C=C(OC(=NC)c1cc2c(cc1F)SC[C@H](N)C(=O)N2Cc1ccc(Cl)cc1)c1ccc(F)nc1. The number of fused-ring (bicyclic) bond motifs is 1. The Morgan fingerprint density at radius 1 is 1.29 bits per heavy atom. The first-order valence-corrected chi connectivity index (χ1v) is 11.9. The Bertz CT molecular complexity index is 1300. The van der Waals surface area contributed by atoms with Crippen LogP contribution in [0.25, 0.3) is 5.76 Å². The van der Waals surface area contributed by atoms with E-state index in [0.717, 1.165) is 11.6 Å². The number of rotatable bonds is 5. The summed E-state index contributed by atoms with van der Waals surface area (Å²) in [4.78, 5) is 22.9. The third kappa shape index (κ3) is 5.53. The second-order valence-corrected chi connectivity index (χ2v) is 9.19. The summed E-state index contributed by atoms with van der Waals surface area (Å²) in [5, 5.41) is 0.575. The Balaban J connectivity index is 1.71. The molecular weight excluding hydrogens is 494 g/mol. The lowest BCUT2D eigenvalue weighted by atomic mass is 10.1. The highest BCUT2D eigenvalue weighted by Gasteiger charge is 2.30. The molecule has 10 heteroatoms. The summed E-state index contributed by atoms with van der Waals surface area (Å²) in [5.41, 5.74) is 7.86. The average molecular weight is 515 g/mol. The lowest BCUT2D eigenvalue weighted by Gasteiger charge is -2.25. The van der Waals surface area contributed by atoms with Gasteiger partial charge in [-0.3, -0.25) is 9.79 Å². The quantitative estimate of drug-likeness (QED) is 0.223. The first kappa shape index (κ1) is 24.8. The van der Waals surface area contributed by atoms with Crippen molar-refractivity contribution in [1.82, 2.24) is 4.98 Å². The van der Waals surface area contributed by atoms with E-state index < -0.39 is 17.8 Å². The lowest BCUT2D eigenvalue weighted by Crippen LogP contribution is -2.44. The van der Waals surface area contributed by atoms with Gasteiger partial charge in [0.25, 0.3) is 0 Å². The van der Waals surface area contributed by atoms with Crippen molar-refractivity contribution < 1.29 is 18.3 Å². The van der Waals surface area contributed by atoms with Crippen molar-refractivity contribution in [3.63, 3.8) is 0 Å². The number of halogens is 3. The Morgan fingerprint density at radius 3 is 2.69 bits per heavy atom. The van der Waals surface area contributed by atoms with Gasteiger partial charge in [0.05, 0.1) is 23.8 Å². The maximum Gasteiger partial charge on any atom is 0.245 e. The molecule has 1 aliphatic rings. The summed E-state index contributed by atoms with van der Waals surface area (Å²) in [5.74, 6) is -1.17. The number of amides is 1. The number of aromatic nitrogens is 1. The van der Waals surface area contributed by atoms with Gasteiger partial charge in [0.1, 0.15) is 11.6 Å². The molecule has 2 heterocycles. The molecule has 0 fully saturated rings. The smallest absolute Gasteiger partial charge is 0.245 e. The molecule has 0 bridgehead atoms. The van der Waals surface area contributed by atoms with Crippen LogP contribution in [0.5, 0.6) is 0 Å². The van der Waals surface area contributed by atoms with Gasteiger partial charge in [0.15, 0.2) is 0 Å². The molecule has 4 rings (SSSR count). The summed E-state index contributed by atoms with van der Waals surface area (Å²) >= 11 is 7.30. The fraction of sp³-hybridized carbons (Fsp3) is 0.160. The average Bonchev–Trinajstić information content (AvgIpc) is 2.95. The molecule has 0 spiro atoms. The van der Waals surface area contributed by atoms with Crippen molar-refractivity contribution >= 4 is 46.6 Å². The van der Waals surface area contributed by atoms with Gasteiger partial charge in [-0.15, -0.1) is 11.8 Å². The summed E-state index contributed by atoms with van der Waals surface area (Å²) in [6, 6.07) is 11.8. The van der Waals surface area contributed by atoms with Crippen molar-refractivity contribution in [1.29, 1.82) is 0 Å². The molecule has 3 aromatic rings. The van der Waals surface area contributed by atoms with Crippen LogP contribution in [0.3, 0.4) is 0 Å². The zero-order chi connectivity index (χ0) is 25.1. The molecule has 2 N–H and O–H groups in total. The Labute approximate surface area is 210 Å². The molecule has 35 heavy (non-hydrogen) atoms. The third-order valence-corrected chi connectivity index (χ3v) is 6.71. The van der Waals surface area contributed by atoms with Crippen molar-refractivity contribution in [2.75, 3.05) is 17.7 Å². The first-order valence-electron chi connectivity index (χ1n) is 10.5. The molecule has 0 unspecified atom stereocenters. The number of ether oxygens (including phenoxy) is 1. The van der Waals surface area contributed by atoms with E-state index in [-0.39, 0.29) is 29.7 Å². The van der Waals surface area contributed by atoms with E-state index in [1.807, 2.05) is 12.1 Å². The molecule has 0 saturated heterocycles. The highest BCUT2D eigenvalue weighted by molar-refractivity contribution is 7.99. The Morgan fingerprint density at radius 2 is 2.03 bits per heavy atom. The predicted molar refractivity (Wildman–Crippen MR) is 135 cm³/mol. The highest BCUT2D eigenvalue weighted by atomic mass is 35.5. The number of carbonyl (C=O) groups is 1. The Kier molecular flexibility index (Phi) is 7.49. The van der Waals surface area contributed by atoms with Crippen LogP contribution in [0.1, 0.15) is 16.7 Å². The molecule has 2 aromatic carbocycles. The number of nitrogens with two attached hydrogens (primary N) is 1. The summed E-state index contributed by atoms with van der Waals surface area (Å²) < 4.78 is 34.1. The van der Waals surface area contributed by atoms with Crippen molar-refractivity contribution in [3.05, 3.63) is 94.8 Å². The normalized spacial score (nSPS) is 16.0. The molecular formula is C25H21ClF2N4O2S. The molecule has 1 atom stereocenters. The summed E-state index contributed by atoms with van der Waals surface area (Å²) in [7, 11) is 1.44. The van der Waals surface area contributed by atoms with Crippen molar-refractivity contribution in [2.24, 2.45) is 10.7 Å². The van der Waals surface area contributed by atoms with Crippen LogP contribution in [0.15, 0.2) is 71.2 Å². The number of thioether (sulfide) groups is 1. The molecule has 0 radical (unpaired) electrons. The minimum Gasteiger partial charge on any atom is -0.439 e. The molecule has 6 nitrogen and oxygen atoms in total. The number of anilines is 1. The molecule has 1 aromatic heterocycles. The van der Waals surface area contributed by atoms with E-state index in [2.05, 4.69) is 16.6 Å². The Hall–Kier alpha value is -3.27. The predicted octanol–water partition coefficient (Wildman–Crippen LogP) is 5.04. The minimum absolute atomic E-state index is 0.0347. The van der Waals surface area contributed by atoms with Crippen LogP contribution in [0, 0.1) is 11.8 Å². The van der Waals surface area contributed by atoms with Crippen LogP contribution in [-0.4, -0.2) is 35.6 Å². The lowest BCUT2D eigenvalue weighted by molar-refractivity contribution is -0.119. The number of benzene rings is 2. The molecule has 1 aliphatic heterocycles. The maximum atomic E-state index is 15.2. The van der Waals surface area contributed by atoms with Gasteiger partial charge in [-0.25, -0.2) is 9.37 Å². The van der Waals surface area contributed by atoms with Gasteiger partial charge in [0.2, 0.25) is 17.8 Å². The van der Waals surface area contributed by atoms with Crippen LogP contribution in [0.4, 0.5) is 14.5 Å². The first-order chi connectivity index (χ1) is 16.8. The van der Waals surface area contributed by atoms with E-state index in [0.29, 0.717) is 26.9 Å². The second kappa shape index (κ2) is 10.6. The van der Waals surface area contributed by atoms with Crippen LogP contribution in [0.2, 0.25) is 5.02 Å². The minimum atomic E-state index is -0.757. The summed E-state index contributed by atoms with van der Waals surface area (Å²) in [6.45, 7) is 4.03. The fourth-order valence-electron chi connectivity index (χ4n) is 3.48. The topological polar surface area (TPSA) is 80.8 Å². The van der Waals surface area contributed by atoms with E-state index in [1.54, 1.807) is 12.1 Å². The van der Waals surface area contributed by atoms with E-state index in [9.17, 15) is 9.18 Å². The molecule has 1 amide bonds. The van der Waals surface area contributed by atoms with Crippen molar-refractivity contribution in [2.45, 2.75) is 17.5 Å². The number of pyridine rings is 1. The van der Waals surface area contributed by atoms with E-state index in [1.165, 1.54) is 48.1 Å². The number of nitrogens with zero attached hydrogens (tertiary/aromatic N) is 3. The van der Waals surface area contributed by atoms with Gasteiger partial charge >= 0.3 is 0 Å². The molecule has 180 valence electrons. The monoisotopic (exact) mass is 514 g/mol. The van der Waals surface area contributed by atoms with Crippen LogP contribution in [-0.2, 0) is 16.1 Å². The van der Waals surface area contributed by atoms with E-state index >= 15 is 4.39 Å². The highest BCUT2D eigenvalue weighted by Crippen LogP contribution is 2.37. The molecule has 0 saturated carbocycles. The standard InChI is InChI=1S/C25H21ClF2N4O2S/c1-14(16-5-8-23(28)31-11-16)34-24(30-2)18-9-21-22(10-19(18)27)35-13-20(29)25(33)32(21)12-15-3-6-17(26)7-4-15/h3-11,20H,1,12-13,29H2,2H3/t20-/m0/s1. The number of hydrogen-bond acceptors (Lipinski definition) is 6. The molecule has 0 aliphatic carbocycles. The fourth-order valence-corrected chi connectivity index (χ4v) is 4.61. The van der Waals surface area contributed by atoms with Gasteiger partial charge in [0, 0.05) is 34.5 Å². The van der Waals surface area contributed by atoms with Gasteiger partial charge in [-0.05, 0) is 42.0 Å². The van der Waals surface area contributed by atoms with Gasteiger partial charge in [-0.2, -0.15) is 4.39 Å². The zero-order valence-corrected chi connectivity index (χ0v) is 20.2.